The molecule has 3 aromatic heterocycles. The molecule has 4 heterocycles. The highest BCUT2D eigenvalue weighted by molar-refractivity contribution is 6.30. The van der Waals surface area contributed by atoms with Crippen LogP contribution in [0, 0.1) is 5.95 Å². The van der Waals surface area contributed by atoms with Gasteiger partial charge in [-0.05, 0) is 31.9 Å². The second kappa shape index (κ2) is 6.63. The Morgan fingerprint density at radius 1 is 1.37 bits per heavy atom. The van der Waals surface area contributed by atoms with Crippen molar-refractivity contribution >= 4 is 28.4 Å². The summed E-state index contributed by atoms with van der Waals surface area (Å²) in [7, 11) is 0. The van der Waals surface area contributed by atoms with Crippen LogP contribution in [0.2, 0.25) is 5.02 Å². The number of pyridine rings is 2. The molecule has 2 aliphatic rings. The zero-order valence-corrected chi connectivity index (χ0v) is 17.0. The van der Waals surface area contributed by atoms with Crippen molar-refractivity contribution in [1.82, 2.24) is 19.0 Å². The fourth-order valence-electron chi connectivity index (χ4n) is 4.04. The number of rotatable bonds is 4. The largest absolute Gasteiger partial charge is 0.344 e. The van der Waals surface area contributed by atoms with Crippen LogP contribution >= 0.6 is 11.6 Å². The summed E-state index contributed by atoms with van der Waals surface area (Å²) in [5.74, 6) is -1.08. The SMILES string of the molecule is CC1(F)CN(C(=O)Cn2ccc3c(c(-c4cnc(F)c(Cl)c4)cn3C3CC3)c2=O)C1. The Morgan fingerprint density at radius 3 is 2.73 bits per heavy atom. The average molecular weight is 433 g/mol. The molecule has 3 aromatic rings. The number of alkyl halides is 1. The predicted octanol–water partition coefficient (Wildman–Crippen LogP) is 3.56. The fraction of sp³-hybridized carbons (Fsp3) is 0.381. The van der Waals surface area contributed by atoms with Gasteiger partial charge in [0.25, 0.3) is 5.56 Å². The Morgan fingerprint density at radius 2 is 2.10 bits per heavy atom. The first kappa shape index (κ1) is 19.2. The van der Waals surface area contributed by atoms with Gasteiger partial charge in [0, 0.05) is 35.8 Å². The van der Waals surface area contributed by atoms with E-state index in [1.807, 2.05) is 10.8 Å². The van der Waals surface area contributed by atoms with Crippen molar-refractivity contribution in [1.29, 1.82) is 0 Å². The lowest BCUT2D eigenvalue weighted by Gasteiger charge is -2.42. The molecular weight excluding hydrogens is 414 g/mol. The molecule has 1 saturated heterocycles. The van der Waals surface area contributed by atoms with Crippen LogP contribution in [0.1, 0.15) is 25.8 Å². The zero-order valence-electron chi connectivity index (χ0n) is 16.2. The van der Waals surface area contributed by atoms with Gasteiger partial charge in [-0.3, -0.25) is 9.59 Å². The maximum atomic E-state index is 13.7. The highest BCUT2D eigenvalue weighted by Gasteiger charge is 2.41. The minimum atomic E-state index is -1.37. The molecule has 0 radical (unpaired) electrons. The molecular formula is C21H19ClF2N4O2. The summed E-state index contributed by atoms with van der Waals surface area (Å²) < 4.78 is 30.6. The third-order valence-corrected chi connectivity index (χ3v) is 5.97. The second-order valence-corrected chi connectivity index (χ2v) is 8.76. The van der Waals surface area contributed by atoms with Gasteiger partial charge in [0.1, 0.15) is 12.2 Å². The number of likely N-dealkylation sites (tertiary alicyclic amines) is 1. The average Bonchev–Trinajstić information content (AvgIpc) is 3.44. The molecule has 156 valence electrons. The Bertz CT molecular complexity index is 1240. The zero-order chi connectivity index (χ0) is 21.2. The molecule has 0 spiro atoms. The third-order valence-electron chi connectivity index (χ3n) is 5.71. The topological polar surface area (TPSA) is 60.1 Å². The van der Waals surface area contributed by atoms with Crippen LogP contribution in [0.3, 0.4) is 0 Å². The second-order valence-electron chi connectivity index (χ2n) is 8.35. The predicted molar refractivity (Wildman–Crippen MR) is 109 cm³/mol. The van der Waals surface area contributed by atoms with Crippen molar-refractivity contribution in [2.75, 3.05) is 13.1 Å². The van der Waals surface area contributed by atoms with Crippen molar-refractivity contribution in [3.8, 4) is 11.1 Å². The molecule has 9 heteroatoms. The number of fused-ring (bicyclic) bond motifs is 1. The first-order valence-electron chi connectivity index (χ1n) is 9.75. The number of hydrogen-bond donors (Lipinski definition) is 0. The van der Waals surface area contributed by atoms with Crippen LogP contribution in [0.5, 0.6) is 0 Å². The lowest BCUT2D eigenvalue weighted by Crippen LogP contribution is -2.60. The summed E-state index contributed by atoms with van der Waals surface area (Å²) in [5, 5.41) is 0.305. The molecule has 30 heavy (non-hydrogen) atoms. The molecule has 0 N–H and O–H groups in total. The van der Waals surface area contributed by atoms with Gasteiger partial charge in [-0.1, -0.05) is 11.6 Å². The number of halogens is 3. The molecule has 0 aromatic carbocycles. The summed E-state index contributed by atoms with van der Waals surface area (Å²) in [5.41, 5.74) is 0.177. The van der Waals surface area contributed by atoms with Crippen molar-refractivity contribution in [2.45, 2.75) is 38.0 Å². The number of carbonyl (C=O) groups is 1. The molecule has 1 saturated carbocycles. The van der Waals surface area contributed by atoms with Crippen molar-refractivity contribution in [2.24, 2.45) is 0 Å². The number of aromatic nitrogens is 3. The lowest BCUT2D eigenvalue weighted by molar-refractivity contribution is -0.144. The Kier molecular flexibility index (Phi) is 4.25. The smallest absolute Gasteiger partial charge is 0.261 e. The summed E-state index contributed by atoms with van der Waals surface area (Å²) in [6, 6.07) is 3.56. The number of nitrogens with zero attached hydrogens (tertiary/aromatic N) is 4. The normalized spacial score (nSPS) is 17.9. The van der Waals surface area contributed by atoms with Crippen LogP contribution in [-0.2, 0) is 11.3 Å². The van der Waals surface area contributed by atoms with E-state index in [-0.39, 0.29) is 36.1 Å². The number of carbonyl (C=O) groups excluding carboxylic acids is 1. The molecule has 1 amide bonds. The van der Waals surface area contributed by atoms with E-state index in [0.29, 0.717) is 22.6 Å². The standard InChI is InChI=1S/C21H19ClF2N4O2/c1-21(24)10-27(11-21)17(29)9-26-5-4-16-18(20(26)30)14(8-28(16)13-2-3-13)12-6-15(22)19(23)25-7-12/h4-8,13H,2-3,9-11H2,1H3. The van der Waals surface area contributed by atoms with E-state index in [9.17, 15) is 18.4 Å². The van der Waals surface area contributed by atoms with E-state index in [1.165, 1.54) is 28.7 Å². The maximum Gasteiger partial charge on any atom is 0.261 e. The molecule has 1 aliphatic carbocycles. The summed E-state index contributed by atoms with van der Waals surface area (Å²) in [6.45, 7) is 1.35. The first-order valence-corrected chi connectivity index (χ1v) is 10.1. The molecule has 6 nitrogen and oxygen atoms in total. The molecule has 5 rings (SSSR count). The summed E-state index contributed by atoms with van der Waals surface area (Å²) >= 11 is 5.91. The van der Waals surface area contributed by atoms with E-state index < -0.39 is 11.6 Å². The Balaban J connectivity index is 1.58. The highest BCUT2D eigenvalue weighted by Crippen LogP contribution is 2.40. The van der Waals surface area contributed by atoms with Crippen LogP contribution in [-0.4, -0.2) is 43.7 Å². The Hall–Kier alpha value is -2.74. The van der Waals surface area contributed by atoms with Crippen molar-refractivity contribution in [3.05, 3.63) is 52.0 Å². The number of amides is 1. The fourth-order valence-corrected chi connectivity index (χ4v) is 4.21. The van der Waals surface area contributed by atoms with E-state index in [2.05, 4.69) is 4.98 Å². The van der Waals surface area contributed by atoms with Crippen molar-refractivity contribution < 1.29 is 13.6 Å². The van der Waals surface area contributed by atoms with E-state index in [1.54, 1.807) is 12.3 Å². The summed E-state index contributed by atoms with van der Waals surface area (Å²) in [4.78, 5) is 30.8. The van der Waals surface area contributed by atoms with Crippen LogP contribution in [0.25, 0.3) is 22.0 Å². The monoisotopic (exact) mass is 432 g/mol. The molecule has 0 unspecified atom stereocenters. The lowest BCUT2D eigenvalue weighted by atomic mass is 9.99. The van der Waals surface area contributed by atoms with Crippen LogP contribution in [0.15, 0.2) is 35.5 Å². The minimum absolute atomic E-state index is 0.0336. The van der Waals surface area contributed by atoms with E-state index >= 15 is 0 Å². The molecule has 2 fully saturated rings. The third kappa shape index (κ3) is 3.19. The van der Waals surface area contributed by atoms with Gasteiger partial charge in [-0.15, -0.1) is 0 Å². The first-order chi connectivity index (χ1) is 14.2. The quantitative estimate of drug-likeness (QED) is 0.592. The molecule has 0 atom stereocenters. The van der Waals surface area contributed by atoms with E-state index in [4.69, 9.17) is 11.6 Å². The van der Waals surface area contributed by atoms with Gasteiger partial charge in [-0.25, -0.2) is 9.37 Å². The minimum Gasteiger partial charge on any atom is -0.344 e. The Labute approximate surface area is 175 Å². The van der Waals surface area contributed by atoms with Gasteiger partial charge in [0.15, 0.2) is 0 Å². The van der Waals surface area contributed by atoms with Gasteiger partial charge in [0.2, 0.25) is 11.9 Å². The van der Waals surface area contributed by atoms with Gasteiger partial charge in [-0.2, -0.15) is 4.39 Å². The van der Waals surface area contributed by atoms with Crippen LogP contribution < -0.4 is 5.56 Å². The van der Waals surface area contributed by atoms with Crippen molar-refractivity contribution in [3.63, 3.8) is 0 Å². The van der Waals surface area contributed by atoms with Crippen LogP contribution in [0.4, 0.5) is 8.78 Å². The molecule has 1 aliphatic heterocycles. The van der Waals surface area contributed by atoms with Gasteiger partial charge in [0.05, 0.1) is 29.0 Å². The van der Waals surface area contributed by atoms with E-state index in [0.717, 1.165) is 18.4 Å². The van der Waals surface area contributed by atoms with Gasteiger partial charge < -0.3 is 14.0 Å². The number of hydrogen-bond acceptors (Lipinski definition) is 3. The maximum absolute atomic E-state index is 13.7. The summed E-state index contributed by atoms with van der Waals surface area (Å²) in [6.07, 6.45) is 6.84. The molecule has 0 bridgehead atoms. The highest BCUT2D eigenvalue weighted by atomic mass is 35.5. The van der Waals surface area contributed by atoms with Gasteiger partial charge >= 0.3 is 0 Å².